The molecule has 8 nitrogen and oxygen atoms in total. The molecule has 0 aliphatic carbocycles. The number of nitrogens with one attached hydrogen (secondary N) is 2. The molecule has 120 valence electrons. The zero-order valence-electron chi connectivity index (χ0n) is 10.8. The SMILES string of the molecule is Nc1nc(C(=NOC(F)F)C(=O)NC2C(=O)NC2CF)cs1. The van der Waals surface area contributed by atoms with Gasteiger partial charge in [-0.15, -0.1) is 11.3 Å². The predicted molar refractivity (Wildman–Crippen MR) is 70.0 cm³/mol. The quantitative estimate of drug-likeness (QED) is 0.371. The highest BCUT2D eigenvalue weighted by molar-refractivity contribution is 7.13. The van der Waals surface area contributed by atoms with Crippen LogP contribution in [-0.2, 0) is 14.4 Å². The van der Waals surface area contributed by atoms with E-state index in [2.05, 4.69) is 25.6 Å². The zero-order valence-corrected chi connectivity index (χ0v) is 11.6. The molecule has 2 heterocycles. The van der Waals surface area contributed by atoms with Gasteiger partial charge in [0.05, 0.1) is 6.04 Å². The summed E-state index contributed by atoms with van der Waals surface area (Å²) in [7, 11) is 0. The lowest BCUT2D eigenvalue weighted by atomic mass is 10.00. The van der Waals surface area contributed by atoms with Crippen molar-refractivity contribution in [1.82, 2.24) is 15.6 Å². The predicted octanol–water partition coefficient (Wildman–Crippen LogP) is -0.379. The van der Waals surface area contributed by atoms with Crippen LogP contribution in [0.3, 0.4) is 0 Å². The zero-order chi connectivity index (χ0) is 16.3. The number of rotatable bonds is 6. The molecule has 1 aliphatic heterocycles. The monoisotopic (exact) mass is 337 g/mol. The van der Waals surface area contributed by atoms with E-state index in [4.69, 9.17) is 5.73 Å². The molecule has 0 aromatic carbocycles. The number of β-lactam (4-membered cyclic amide) rings is 1. The van der Waals surface area contributed by atoms with Crippen LogP contribution in [0.4, 0.5) is 18.3 Å². The van der Waals surface area contributed by atoms with Crippen LogP contribution in [0, 0.1) is 0 Å². The number of hydrogen-bond donors (Lipinski definition) is 3. The first-order valence-corrected chi connectivity index (χ1v) is 6.71. The summed E-state index contributed by atoms with van der Waals surface area (Å²) in [6.45, 7) is -4.13. The maximum Gasteiger partial charge on any atom is 0.407 e. The van der Waals surface area contributed by atoms with Gasteiger partial charge in [0.1, 0.15) is 18.4 Å². The van der Waals surface area contributed by atoms with E-state index in [9.17, 15) is 22.8 Å². The first-order valence-electron chi connectivity index (χ1n) is 5.83. The van der Waals surface area contributed by atoms with Crippen LogP contribution < -0.4 is 16.4 Å². The van der Waals surface area contributed by atoms with Gasteiger partial charge in [0.25, 0.3) is 5.91 Å². The van der Waals surface area contributed by atoms with Gasteiger partial charge in [-0.1, -0.05) is 5.16 Å². The molecule has 0 radical (unpaired) electrons. The minimum atomic E-state index is -3.25. The Balaban J connectivity index is 2.16. The molecule has 2 atom stereocenters. The molecule has 12 heteroatoms. The van der Waals surface area contributed by atoms with Crippen molar-refractivity contribution in [2.45, 2.75) is 18.7 Å². The topological polar surface area (TPSA) is 119 Å². The number of nitrogen functional groups attached to an aromatic ring is 1. The minimum absolute atomic E-state index is 0.0792. The van der Waals surface area contributed by atoms with Gasteiger partial charge in [-0.3, -0.25) is 9.59 Å². The second-order valence-electron chi connectivity index (χ2n) is 4.10. The molecule has 1 fully saturated rings. The Morgan fingerprint density at radius 2 is 2.36 bits per heavy atom. The lowest BCUT2D eigenvalue weighted by Gasteiger charge is -2.35. The fourth-order valence-electron chi connectivity index (χ4n) is 1.64. The molecule has 2 amide bonds. The lowest BCUT2D eigenvalue weighted by Crippen LogP contribution is -2.70. The van der Waals surface area contributed by atoms with Gasteiger partial charge in [-0.25, -0.2) is 9.37 Å². The van der Waals surface area contributed by atoms with E-state index in [0.29, 0.717) is 0 Å². The first-order chi connectivity index (χ1) is 10.4. The van der Waals surface area contributed by atoms with E-state index < -0.39 is 42.9 Å². The van der Waals surface area contributed by atoms with Crippen molar-refractivity contribution in [2.24, 2.45) is 5.16 Å². The summed E-state index contributed by atoms with van der Waals surface area (Å²) in [5.74, 6) is -1.60. The fourth-order valence-corrected chi connectivity index (χ4v) is 2.19. The van der Waals surface area contributed by atoms with Crippen LogP contribution in [0.2, 0.25) is 0 Å². The summed E-state index contributed by atoms with van der Waals surface area (Å²) in [5.41, 5.74) is 4.70. The Hall–Kier alpha value is -2.37. The molecule has 0 bridgehead atoms. The van der Waals surface area contributed by atoms with Crippen molar-refractivity contribution in [3.63, 3.8) is 0 Å². The number of anilines is 1. The lowest BCUT2D eigenvalue weighted by molar-refractivity contribution is -0.136. The molecule has 22 heavy (non-hydrogen) atoms. The molecule has 1 saturated heterocycles. The third-order valence-electron chi connectivity index (χ3n) is 2.67. The highest BCUT2D eigenvalue weighted by atomic mass is 32.1. The minimum Gasteiger partial charge on any atom is -0.375 e. The molecule has 1 aromatic rings. The number of alkyl halides is 3. The summed E-state index contributed by atoms with van der Waals surface area (Å²) < 4.78 is 36.7. The molecule has 1 aromatic heterocycles. The highest BCUT2D eigenvalue weighted by Crippen LogP contribution is 2.14. The summed E-state index contributed by atoms with van der Waals surface area (Å²) in [4.78, 5) is 30.7. The number of oxime groups is 1. The second-order valence-corrected chi connectivity index (χ2v) is 4.99. The van der Waals surface area contributed by atoms with Crippen LogP contribution in [0.25, 0.3) is 0 Å². The number of thiazole rings is 1. The van der Waals surface area contributed by atoms with Crippen LogP contribution in [0.5, 0.6) is 0 Å². The van der Waals surface area contributed by atoms with Gasteiger partial charge in [-0.05, 0) is 0 Å². The average Bonchev–Trinajstić information content (AvgIpc) is 2.88. The van der Waals surface area contributed by atoms with Crippen LogP contribution in [0.1, 0.15) is 5.69 Å². The van der Waals surface area contributed by atoms with Crippen molar-refractivity contribution in [2.75, 3.05) is 12.4 Å². The van der Waals surface area contributed by atoms with E-state index >= 15 is 0 Å². The van der Waals surface area contributed by atoms with Gasteiger partial charge in [0.2, 0.25) is 5.91 Å². The molecule has 2 unspecified atom stereocenters. The Morgan fingerprint density at radius 3 is 2.86 bits per heavy atom. The summed E-state index contributed by atoms with van der Waals surface area (Å²) in [6, 6.07) is -2.00. The standard InChI is InChI=1S/C10H10F3N5O3S/c11-1-3-5(7(19)15-3)17-8(20)6(18-21-9(12)13)4-2-22-10(14)16-4/h2-3,5,9H,1H2,(H2,14,16)(H,15,19)(H,17,20). The summed E-state index contributed by atoms with van der Waals surface area (Å²) >= 11 is 0.952. The van der Waals surface area contributed by atoms with E-state index in [1.54, 1.807) is 0 Å². The molecule has 1 aliphatic rings. The maximum atomic E-state index is 12.5. The molecule has 4 N–H and O–H groups in total. The van der Waals surface area contributed by atoms with Crippen molar-refractivity contribution in [3.8, 4) is 0 Å². The molecular weight excluding hydrogens is 327 g/mol. The number of hydrogen-bond acceptors (Lipinski definition) is 7. The van der Waals surface area contributed by atoms with E-state index in [0.717, 1.165) is 11.3 Å². The molecular formula is C10H10F3N5O3S. The van der Waals surface area contributed by atoms with Gasteiger partial charge < -0.3 is 21.2 Å². The third-order valence-corrected chi connectivity index (χ3v) is 3.34. The van der Waals surface area contributed by atoms with Crippen molar-refractivity contribution in [1.29, 1.82) is 0 Å². The number of nitrogens with zero attached hydrogens (tertiary/aromatic N) is 2. The summed E-state index contributed by atoms with van der Waals surface area (Å²) in [5, 5.41) is 8.80. The van der Waals surface area contributed by atoms with E-state index in [-0.39, 0.29) is 10.8 Å². The maximum absolute atomic E-state index is 12.5. The largest absolute Gasteiger partial charge is 0.407 e. The number of carbonyl (C=O) groups excluding carboxylic acids is 2. The summed E-state index contributed by atoms with van der Waals surface area (Å²) in [6.07, 6.45) is 0. The van der Waals surface area contributed by atoms with Crippen molar-refractivity contribution < 1.29 is 27.6 Å². The Labute approximate surface area is 125 Å². The van der Waals surface area contributed by atoms with Gasteiger partial charge in [-0.2, -0.15) is 8.78 Å². The smallest absolute Gasteiger partial charge is 0.375 e. The number of amides is 2. The molecule has 0 saturated carbocycles. The van der Waals surface area contributed by atoms with E-state index in [1.807, 2.05) is 0 Å². The van der Waals surface area contributed by atoms with Crippen molar-refractivity contribution >= 4 is 34.0 Å². The van der Waals surface area contributed by atoms with Crippen LogP contribution in [-0.4, -0.2) is 47.9 Å². The Kier molecular flexibility index (Phi) is 4.80. The normalized spacial score (nSPS) is 21.3. The number of carbonyl (C=O) groups is 2. The van der Waals surface area contributed by atoms with Gasteiger partial charge in [0.15, 0.2) is 10.8 Å². The van der Waals surface area contributed by atoms with Gasteiger partial charge in [0, 0.05) is 5.38 Å². The van der Waals surface area contributed by atoms with Gasteiger partial charge >= 0.3 is 6.61 Å². The Morgan fingerprint density at radius 1 is 1.64 bits per heavy atom. The molecule has 2 rings (SSSR count). The number of halogens is 3. The molecule has 0 spiro atoms. The Bertz CT molecular complexity index is 608. The second kappa shape index (κ2) is 6.60. The average molecular weight is 337 g/mol. The van der Waals surface area contributed by atoms with Crippen LogP contribution >= 0.6 is 11.3 Å². The number of nitrogens with two attached hydrogens (primary N) is 1. The highest BCUT2D eigenvalue weighted by Gasteiger charge is 2.41. The third kappa shape index (κ3) is 3.44. The van der Waals surface area contributed by atoms with Crippen molar-refractivity contribution in [3.05, 3.63) is 11.1 Å². The van der Waals surface area contributed by atoms with E-state index in [1.165, 1.54) is 5.38 Å². The first kappa shape index (κ1) is 16.0. The number of aromatic nitrogens is 1. The van der Waals surface area contributed by atoms with Crippen LogP contribution in [0.15, 0.2) is 10.5 Å². The fraction of sp³-hybridized carbons (Fsp3) is 0.400.